The van der Waals surface area contributed by atoms with E-state index in [-0.39, 0.29) is 19.1 Å². The maximum absolute atomic E-state index is 12.8. The van der Waals surface area contributed by atoms with Crippen molar-refractivity contribution in [1.29, 1.82) is 0 Å². The highest BCUT2D eigenvalue weighted by molar-refractivity contribution is 5.87. The minimum atomic E-state index is -2.93. The van der Waals surface area contributed by atoms with Crippen LogP contribution in [0, 0.1) is 0 Å². The van der Waals surface area contributed by atoms with Gasteiger partial charge in [-0.3, -0.25) is 0 Å². The number of rotatable bonds is 4. The second-order valence-corrected chi connectivity index (χ2v) is 3.72. The van der Waals surface area contributed by atoms with Gasteiger partial charge < -0.3 is 18.6 Å². The molecule has 1 fully saturated rings. The molecule has 19 heavy (non-hydrogen) atoms. The molecule has 1 aromatic heterocycles. The van der Waals surface area contributed by atoms with Crippen LogP contribution in [0.15, 0.2) is 4.42 Å². The quantitative estimate of drug-likeness (QED) is 0.782. The van der Waals surface area contributed by atoms with Crippen molar-refractivity contribution in [1.82, 2.24) is 4.98 Å². The van der Waals surface area contributed by atoms with E-state index in [1.165, 1.54) is 0 Å². The van der Waals surface area contributed by atoms with Crippen LogP contribution in [0.2, 0.25) is 0 Å². The van der Waals surface area contributed by atoms with E-state index in [1.807, 2.05) is 0 Å². The first kappa shape index (κ1) is 13.9. The third kappa shape index (κ3) is 3.07. The lowest BCUT2D eigenvalue weighted by atomic mass is 10.3. The van der Waals surface area contributed by atoms with Gasteiger partial charge in [-0.25, -0.2) is 18.6 Å². The molecular weight excluding hydrogens is 264 g/mol. The van der Waals surface area contributed by atoms with Gasteiger partial charge >= 0.3 is 5.97 Å². The molecule has 0 radical (unpaired) electrons. The molecule has 1 aliphatic rings. The number of halogens is 2. The van der Waals surface area contributed by atoms with Gasteiger partial charge in [0.1, 0.15) is 0 Å². The van der Waals surface area contributed by atoms with Crippen LogP contribution < -0.4 is 0 Å². The van der Waals surface area contributed by atoms with Gasteiger partial charge in [0.05, 0.1) is 26.4 Å². The number of esters is 1. The van der Waals surface area contributed by atoms with Gasteiger partial charge in [0.25, 0.3) is 6.43 Å². The fourth-order valence-electron chi connectivity index (χ4n) is 1.61. The molecule has 1 aliphatic heterocycles. The van der Waals surface area contributed by atoms with E-state index in [0.717, 1.165) is 0 Å². The lowest BCUT2D eigenvalue weighted by Crippen LogP contribution is -2.22. The Balaban J connectivity index is 2.26. The zero-order valence-electron chi connectivity index (χ0n) is 10.2. The second-order valence-electron chi connectivity index (χ2n) is 3.72. The van der Waals surface area contributed by atoms with Gasteiger partial charge in [0.2, 0.25) is 11.7 Å². The van der Waals surface area contributed by atoms with Gasteiger partial charge in [0.15, 0.2) is 11.8 Å². The van der Waals surface area contributed by atoms with E-state index < -0.39 is 30.0 Å². The number of hydrogen-bond donors (Lipinski definition) is 0. The van der Waals surface area contributed by atoms with Crippen LogP contribution in [0.5, 0.6) is 0 Å². The van der Waals surface area contributed by atoms with Gasteiger partial charge in [-0.2, -0.15) is 0 Å². The van der Waals surface area contributed by atoms with Gasteiger partial charge in [-0.1, -0.05) is 0 Å². The number of alkyl halides is 2. The SMILES string of the molecule is CCOC(=O)c1oc(C2COCCO2)nc1C(F)F. The average Bonchev–Trinajstić information content (AvgIpc) is 2.85. The summed E-state index contributed by atoms with van der Waals surface area (Å²) in [7, 11) is 0. The van der Waals surface area contributed by atoms with Crippen molar-refractivity contribution in [2.45, 2.75) is 19.5 Å². The Labute approximate surface area is 107 Å². The lowest BCUT2D eigenvalue weighted by Gasteiger charge is -2.19. The monoisotopic (exact) mass is 277 g/mol. The number of aromatic nitrogens is 1. The molecular formula is C11H13F2NO5. The average molecular weight is 277 g/mol. The Bertz CT molecular complexity index is 442. The van der Waals surface area contributed by atoms with Gasteiger partial charge in [0, 0.05) is 0 Å². The summed E-state index contributed by atoms with van der Waals surface area (Å²) in [6, 6.07) is 0. The molecule has 0 spiro atoms. The maximum Gasteiger partial charge on any atom is 0.376 e. The predicted octanol–water partition coefficient (Wildman–Crippen LogP) is 1.88. The highest BCUT2D eigenvalue weighted by Crippen LogP contribution is 2.28. The molecule has 0 saturated carbocycles. The van der Waals surface area contributed by atoms with Crippen molar-refractivity contribution in [3.8, 4) is 0 Å². The molecule has 1 aromatic rings. The van der Waals surface area contributed by atoms with Crippen molar-refractivity contribution < 1.29 is 32.2 Å². The predicted molar refractivity (Wildman–Crippen MR) is 56.9 cm³/mol. The Kier molecular flexibility index (Phi) is 4.43. The molecule has 106 valence electrons. The first-order valence-electron chi connectivity index (χ1n) is 5.78. The highest BCUT2D eigenvalue weighted by atomic mass is 19.3. The van der Waals surface area contributed by atoms with E-state index in [1.54, 1.807) is 6.92 Å². The summed E-state index contributed by atoms with van der Waals surface area (Å²) in [5.74, 6) is -1.65. The van der Waals surface area contributed by atoms with Gasteiger partial charge in [-0.05, 0) is 6.92 Å². The maximum atomic E-state index is 12.8. The molecule has 1 atom stereocenters. The lowest BCUT2D eigenvalue weighted by molar-refractivity contribution is -0.0998. The molecule has 0 N–H and O–H groups in total. The van der Waals surface area contributed by atoms with Crippen molar-refractivity contribution in [3.63, 3.8) is 0 Å². The Morgan fingerprint density at radius 1 is 1.53 bits per heavy atom. The summed E-state index contributed by atoms with van der Waals surface area (Å²) in [6.45, 7) is 2.50. The van der Waals surface area contributed by atoms with Crippen molar-refractivity contribution in [2.75, 3.05) is 26.4 Å². The molecule has 2 rings (SSSR count). The summed E-state index contributed by atoms with van der Waals surface area (Å²) in [4.78, 5) is 15.1. The first-order valence-corrected chi connectivity index (χ1v) is 5.78. The number of oxazole rings is 1. The van der Waals surface area contributed by atoms with E-state index in [4.69, 9.17) is 13.9 Å². The molecule has 0 aliphatic carbocycles. The smallest absolute Gasteiger partial charge is 0.376 e. The normalized spacial score (nSPS) is 19.7. The zero-order chi connectivity index (χ0) is 13.8. The molecule has 1 saturated heterocycles. The summed E-state index contributed by atoms with van der Waals surface area (Å²) >= 11 is 0. The Morgan fingerprint density at radius 2 is 2.32 bits per heavy atom. The van der Waals surface area contributed by atoms with Crippen LogP contribution in [0.4, 0.5) is 8.78 Å². The van der Waals surface area contributed by atoms with E-state index in [2.05, 4.69) is 9.72 Å². The van der Waals surface area contributed by atoms with Crippen LogP contribution in [-0.4, -0.2) is 37.4 Å². The molecule has 0 amide bonds. The first-order chi connectivity index (χ1) is 9.13. The molecule has 2 heterocycles. The Hall–Kier alpha value is -1.54. The topological polar surface area (TPSA) is 70.8 Å². The van der Waals surface area contributed by atoms with Crippen LogP contribution >= 0.6 is 0 Å². The fourth-order valence-corrected chi connectivity index (χ4v) is 1.61. The standard InChI is InChI=1S/C11H13F2NO5/c1-2-17-11(15)8-7(9(12)13)14-10(19-8)6-5-16-3-4-18-6/h6,9H,2-5H2,1H3. The molecule has 6 nitrogen and oxygen atoms in total. The fraction of sp³-hybridized carbons (Fsp3) is 0.636. The summed E-state index contributed by atoms with van der Waals surface area (Å²) in [5, 5.41) is 0. The number of hydrogen-bond acceptors (Lipinski definition) is 6. The van der Waals surface area contributed by atoms with Crippen LogP contribution in [0.3, 0.4) is 0 Å². The number of carbonyl (C=O) groups excluding carboxylic acids is 1. The largest absolute Gasteiger partial charge is 0.460 e. The van der Waals surface area contributed by atoms with E-state index in [0.29, 0.717) is 13.2 Å². The number of carbonyl (C=O) groups is 1. The Morgan fingerprint density at radius 3 is 2.89 bits per heavy atom. The number of ether oxygens (including phenoxy) is 3. The molecule has 8 heteroatoms. The third-order valence-electron chi connectivity index (χ3n) is 2.43. The minimum Gasteiger partial charge on any atom is -0.460 e. The van der Waals surface area contributed by atoms with Crippen molar-refractivity contribution in [2.24, 2.45) is 0 Å². The van der Waals surface area contributed by atoms with Crippen LogP contribution in [0.1, 0.15) is 41.6 Å². The third-order valence-corrected chi connectivity index (χ3v) is 2.43. The van der Waals surface area contributed by atoms with Gasteiger partial charge in [-0.15, -0.1) is 0 Å². The van der Waals surface area contributed by atoms with E-state index >= 15 is 0 Å². The molecule has 0 aromatic carbocycles. The van der Waals surface area contributed by atoms with Crippen molar-refractivity contribution >= 4 is 5.97 Å². The van der Waals surface area contributed by atoms with Crippen molar-refractivity contribution in [3.05, 3.63) is 17.3 Å². The van der Waals surface area contributed by atoms with Crippen LogP contribution in [0.25, 0.3) is 0 Å². The highest BCUT2D eigenvalue weighted by Gasteiger charge is 2.31. The number of nitrogens with zero attached hydrogens (tertiary/aromatic N) is 1. The second kappa shape index (κ2) is 6.07. The van der Waals surface area contributed by atoms with Crippen LogP contribution in [-0.2, 0) is 14.2 Å². The minimum absolute atomic E-state index is 0.0561. The molecule has 1 unspecified atom stereocenters. The summed E-state index contributed by atoms with van der Waals surface area (Å²) in [5.41, 5.74) is -0.734. The summed E-state index contributed by atoms with van der Waals surface area (Å²) in [6.07, 6.45) is -3.61. The van der Waals surface area contributed by atoms with E-state index in [9.17, 15) is 13.6 Å². The summed E-state index contributed by atoms with van der Waals surface area (Å²) < 4.78 is 45.7. The zero-order valence-corrected chi connectivity index (χ0v) is 10.2. The molecule has 0 bridgehead atoms.